The van der Waals surface area contributed by atoms with Crippen LogP contribution in [0.25, 0.3) is 0 Å². The van der Waals surface area contributed by atoms with Gasteiger partial charge in [0.15, 0.2) is 0 Å². The van der Waals surface area contributed by atoms with E-state index in [-0.39, 0.29) is 23.4 Å². The number of ether oxygens (including phenoxy) is 1. The smallest absolute Gasteiger partial charge is 0.269 e. The van der Waals surface area contributed by atoms with Gasteiger partial charge in [0, 0.05) is 22.6 Å². The van der Waals surface area contributed by atoms with Crippen molar-refractivity contribution < 1.29 is 14.5 Å². The molecule has 0 aliphatic rings. The van der Waals surface area contributed by atoms with Crippen LogP contribution in [-0.2, 0) is 4.79 Å². The highest BCUT2D eigenvalue weighted by Crippen LogP contribution is 2.26. The third-order valence-corrected chi connectivity index (χ3v) is 4.66. The lowest BCUT2D eigenvalue weighted by atomic mass is 10.0. The fraction of sp³-hybridized carbons (Fsp3) is 0.278. The molecular weight excluding hydrogens is 340 g/mol. The van der Waals surface area contributed by atoms with E-state index in [1.807, 2.05) is 32.0 Å². The van der Waals surface area contributed by atoms with Crippen molar-refractivity contribution in [3.8, 4) is 5.75 Å². The minimum absolute atomic E-state index is 0.0361. The van der Waals surface area contributed by atoms with Gasteiger partial charge < -0.3 is 10.1 Å². The largest absolute Gasteiger partial charge is 0.496 e. The van der Waals surface area contributed by atoms with E-state index in [2.05, 4.69) is 5.32 Å². The van der Waals surface area contributed by atoms with Crippen LogP contribution in [0.4, 0.5) is 5.69 Å². The van der Waals surface area contributed by atoms with Crippen LogP contribution in [-0.4, -0.2) is 23.7 Å². The Balaban J connectivity index is 1.93. The zero-order chi connectivity index (χ0) is 18.4. The molecule has 2 rings (SSSR count). The number of nitrogens with zero attached hydrogens (tertiary/aromatic N) is 1. The topological polar surface area (TPSA) is 81.5 Å². The van der Waals surface area contributed by atoms with Crippen LogP contribution in [0.1, 0.15) is 24.1 Å². The molecule has 0 aromatic heterocycles. The van der Waals surface area contributed by atoms with Crippen LogP contribution in [0, 0.1) is 17.0 Å². The first-order chi connectivity index (χ1) is 11.9. The number of hydrogen-bond acceptors (Lipinski definition) is 5. The number of hydrogen-bond donors (Lipinski definition) is 1. The molecule has 1 atom stereocenters. The van der Waals surface area contributed by atoms with Gasteiger partial charge in [0.25, 0.3) is 5.69 Å². The molecule has 0 heterocycles. The summed E-state index contributed by atoms with van der Waals surface area (Å²) in [7, 11) is 1.60. The number of nitro benzene ring substituents is 1. The van der Waals surface area contributed by atoms with E-state index in [1.165, 1.54) is 23.9 Å². The van der Waals surface area contributed by atoms with Gasteiger partial charge >= 0.3 is 0 Å². The van der Waals surface area contributed by atoms with E-state index < -0.39 is 4.92 Å². The van der Waals surface area contributed by atoms with Gasteiger partial charge in [-0.1, -0.05) is 17.7 Å². The van der Waals surface area contributed by atoms with Crippen LogP contribution >= 0.6 is 11.8 Å². The van der Waals surface area contributed by atoms with Gasteiger partial charge in [-0.3, -0.25) is 14.9 Å². The number of nitrogens with one attached hydrogen (secondary N) is 1. The summed E-state index contributed by atoms with van der Waals surface area (Å²) in [6.45, 7) is 3.90. The molecule has 0 aliphatic heterocycles. The predicted molar refractivity (Wildman–Crippen MR) is 98.1 cm³/mol. The summed E-state index contributed by atoms with van der Waals surface area (Å²) >= 11 is 1.33. The standard InChI is InChI=1S/C18H20N2O4S/c1-12-4-9-17(24-3)16(10-12)13(2)19-18(21)11-25-15-7-5-14(6-8-15)20(22)23/h4-10,13H,11H2,1-3H3,(H,19,21). The molecule has 0 spiro atoms. The zero-order valence-corrected chi connectivity index (χ0v) is 15.1. The summed E-state index contributed by atoms with van der Waals surface area (Å²) in [5, 5.41) is 13.6. The van der Waals surface area contributed by atoms with Crippen molar-refractivity contribution in [3.63, 3.8) is 0 Å². The maximum Gasteiger partial charge on any atom is 0.269 e. The lowest BCUT2D eigenvalue weighted by Crippen LogP contribution is -2.28. The SMILES string of the molecule is COc1ccc(C)cc1C(C)NC(=O)CSc1ccc([N+](=O)[O-])cc1. The van der Waals surface area contributed by atoms with Gasteiger partial charge in [-0.05, 0) is 32.0 Å². The molecule has 2 aromatic carbocycles. The summed E-state index contributed by atoms with van der Waals surface area (Å²) in [6.07, 6.45) is 0. The van der Waals surface area contributed by atoms with E-state index in [0.29, 0.717) is 0 Å². The van der Waals surface area contributed by atoms with Crippen molar-refractivity contribution >= 4 is 23.4 Å². The van der Waals surface area contributed by atoms with Crippen LogP contribution in [0.2, 0.25) is 0 Å². The Kier molecular flexibility index (Phi) is 6.41. The van der Waals surface area contributed by atoms with Gasteiger partial charge in [-0.25, -0.2) is 0 Å². The second-order valence-corrected chi connectivity index (χ2v) is 6.62. The van der Waals surface area contributed by atoms with Crippen molar-refractivity contribution in [2.75, 3.05) is 12.9 Å². The number of amides is 1. The molecule has 7 heteroatoms. The predicted octanol–water partition coefficient (Wildman–Crippen LogP) is 3.88. The lowest BCUT2D eigenvalue weighted by molar-refractivity contribution is -0.384. The molecule has 1 amide bonds. The molecule has 132 valence electrons. The Hall–Kier alpha value is -2.54. The highest BCUT2D eigenvalue weighted by molar-refractivity contribution is 8.00. The number of rotatable bonds is 7. The first-order valence-corrected chi connectivity index (χ1v) is 8.70. The van der Waals surface area contributed by atoms with E-state index in [1.54, 1.807) is 19.2 Å². The minimum atomic E-state index is -0.446. The van der Waals surface area contributed by atoms with Gasteiger partial charge in [0.1, 0.15) is 5.75 Å². The van der Waals surface area contributed by atoms with Gasteiger partial charge in [0.2, 0.25) is 5.91 Å². The number of non-ortho nitro benzene ring substituents is 1. The van der Waals surface area contributed by atoms with Crippen LogP contribution in [0.5, 0.6) is 5.75 Å². The number of nitro groups is 1. The Morgan fingerprint density at radius 1 is 1.28 bits per heavy atom. The van der Waals surface area contributed by atoms with Crippen molar-refractivity contribution in [1.29, 1.82) is 0 Å². The maximum atomic E-state index is 12.2. The third kappa shape index (κ3) is 5.22. The van der Waals surface area contributed by atoms with Crippen molar-refractivity contribution in [2.24, 2.45) is 0 Å². The van der Waals surface area contributed by atoms with Gasteiger partial charge in [0.05, 0.1) is 23.8 Å². The second-order valence-electron chi connectivity index (χ2n) is 5.57. The second kappa shape index (κ2) is 8.53. The lowest BCUT2D eigenvalue weighted by Gasteiger charge is -2.18. The van der Waals surface area contributed by atoms with Gasteiger partial charge in [-0.2, -0.15) is 0 Å². The molecule has 0 bridgehead atoms. The van der Waals surface area contributed by atoms with E-state index >= 15 is 0 Å². The Bertz CT molecular complexity index is 762. The Morgan fingerprint density at radius 2 is 1.96 bits per heavy atom. The number of aryl methyl sites for hydroxylation is 1. The van der Waals surface area contributed by atoms with E-state index in [9.17, 15) is 14.9 Å². The van der Waals surface area contributed by atoms with Crippen LogP contribution in [0.3, 0.4) is 0 Å². The van der Waals surface area contributed by atoms with Crippen LogP contribution < -0.4 is 10.1 Å². The quantitative estimate of drug-likeness (QED) is 0.460. The number of methoxy groups -OCH3 is 1. The molecule has 1 unspecified atom stereocenters. The molecule has 0 saturated carbocycles. The average molecular weight is 360 g/mol. The number of thioether (sulfide) groups is 1. The number of benzene rings is 2. The maximum absolute atomic E-state index is 12.2. The molecule has 0 saturated heterocycles. The molecule has 0 radical (unpaired) electrons. The summed E-state index contributed by atoms with van der Waals surface area (Å²) in [6, 6.07) is 11.8. The molecule has 2 aromatic rings. The van der Waals surface area contributed by atoms with E-state index in [4.69, 9.17) is 4.74 Å². The fourth-order valence-electron chi connectivity index (χ4n) is 2.37. The molecule has 0 fully saturated rings. The molecule has 1 N–H and O–H groups in total. The number of carbonyl (C=O) groups is 1. The molecular formula is C18H20N2O4S. The first-order valence-electron chi connectivity index (χ1n) is 7.72. The Morgan fingerprint density at radius 3 is 2.56 bits per heavy atom. The molecule has 25 heavy (non-hydrogen) atoms. The molecule has 0 aliphatic carbocycles. The monoisotopic (exact) mass is 360 g/mol. The summed E-state index contributed by atoms with van der Waals surface area (Å²) < 4.78 is 5.35. The van der Waals surface area contributed by atoms with Crippen LogP contribution in [0.15, 0.2) is 47.4 Å². The number of carbonyl (C=O) groups excluding carboxylic acids is 1. The minimum Gasteiger partial charge on any atom is -0.496 e. The average Bonchev–Trinajstić information content (AvgIpc) is 2.60. The summed E-state index contributed by atoms with van der Waals surface area (Å²) in [5.41, 5.74) is 2.06. The fourth-order valence-corrected chi connectivity index (χ4v) is 3.08. The zero-order valence-electron chi connectivity index (χ0n) is 14.3. The normalized spacial score (nSPS) is 11.6. The first kappa shape index (κ1) is 18.8. The highest BCUT2D eigenvalue weighted by atomic mass is 32.2. The summed E-state index contributed by atoms with van der Waals surface area (Å²) in [4.78, 5) is 23.2. The van der Waals surface area contributed by atoms with Gasteiger partial charge in [-0.15, -0.1) is 11.8 Å². The van der Waals surface area contributed by atoms with Crippen molar-refractivity contribution in [3.05, 3.63) is 63.7 Å². The highest BCUT2D eigenvalue weighted by Gasteiger charge is 2.14. The van der Waals surface area contributed by atoms with Crippen molar-refractivity contribution in [2.45, 2.75) is 24.8 Å². The summed E-state index contributed by atoms with van der Waals surface area (Å²) in [5.74, 6) is 0.858. The Labute approximate surface area is 150 Å². The van der Waals surface area contributed by atoms with Crippen molar-refractivity contribution in [1.82, 2.24) is 5.32 Å². The molecule has 6 nitrogen and oxygen atoms in total. The third-order valence-electron chi connectivity index (χ3n) is 3.65. The van der Waals surface area contributed by atoms with E-state index in [0.717, 1.165) is 21.8 Å².